The van der Waals surface area contributed by atoms with E-state index in [0.29, 0.717) is 11.4 Å². The number of benzene rings is 1. The van der Waals surface area contributed by atoms with Crippen molar-refractivity contribution in [1.29, 1.82) is 0 Å². The van der Waals surface area contributed by atoms with Gasteiger partial charge in [0.15, 0.2) is 4.90 Å². The first-order chi connectivity index (χ1) is 7.63. The smallest absolute Gasteiger partial charge is 0.274 e. The molecule has 0 spiro atoms. The third-order valence-corrected chi connectivity index (χ3v) is 4.89. The SMILES string of the molecule is C=CCN1Sc2ccc([N+](=O)[O-])cc2[S+]1[O-]. The first kappa shape index (κ1) is 11.5. The standard InChI is InChI=1S/C9H8N2O3S2/c1-2-5-10-15-8-4-3-7(11(12)13)6-9(8)16(10)14/h2-4,6H,1,5H2. The highest BCUT2D eigenvalue weighted by atomic mass is 32.3. The van der Waals surface area contributed by atoms with Crippen molar-refractivity contribution in [3.8, 4) is 0 Å². The van der Waals surface area contributed by atoms with Gasteiger partial charge >= 0.3 is 0 Å². The van der Waals surface area contributed by atoms with Crippen molar-refractivity contribution in [3.05, 3.63) is 41.0 Å². The summed E-state index contributed by atoms with van der Waals surface area (Å²) in [6.07, 6.45) is 1.64. The van der Waals surface area contributed by atoms with Crippen LogP contribution in [0.25, 0.3) is 0 Å². The minimum atomic E-state index is -1.34. The summed E-state index contributed by atoms with van der Waals surface area (Å²) < 4.78 is 13.5. The number of rotatable bonds is 3. The highest BCUT2D eigenvalue weighted by Crippen LogP contribution is 2.42. The Hall–Kier alpha value is -1.02. The minimum absolute atomic E-state index is 0.0341. The Morgan fingerprint density at radius 1 is 1.62 bits per heavy atom. The maximum Gasteiger partial charge on any atom is 0.274 e. The fourth-order valence-electron chi connectivity index (χ4n) is 1.29. The Labute approximate surface area is 99.7 Å². The van der Waals surface area contributed by atoms with Crippen LogP contribution in [0.3, 0.4) is 0 Å². The van der Waals surface area contributed by atoms with E-state index < -0.39 is 16.3 Å². The van der Waals surface area contributed by atoms with E-state index in [1.54, 1.807) is 15.9 Å². The second-order valence-electron chi connectivity index (χ2n) is 3.03. The Kier molecular flexibility index (Phi) is 3.20. The van der Waals surface area contributed by atoms with Gasteiger partial charge in [-0.2, -0.15) is 0 Å². The zero-order valence-electron chi connectivity index (χ0n) is 8.16. The van der Waals surface area contributed by atoms with Crippen molar-refractivity contribution < 1.29 is 9.48 Å². The molecule has 5 nitrogen and oxygen atoms in total. The molecule has 1 aliphatic rings. The van der Waals surface area contributed by atoms with E-state index in [9.17, 15) is 14.7 Å². The number of hydrogen-bond acceptors (Lipinski definition) is 5. The molecule has 16 heavy (non-hydrogen) atoms. The van der Waals surface area contributed by atoms with E-state index >= 15 is 0 Å². The van der Waals surface area contributed by atoms with Gasteiger partial charge in [0.2, 0.25) is 0 Å². The minimum Gasteiger partial charge on any atom is -0.592 e. The van der Waals surface area contributed by atoms with E-state index in [1.165, 1.54) is 24.1 Å². The number of hydrogen-bond donors (Lipinski definition) is 0. The van der Waals surface area contributed by atoms with E-state index in [0.717, 1.165) is 4.90 Å². The Balaban J connectivity index is 2.33. The second kappa shape index (κ2) is 4.46. The van der Waals surface area contributed by atoms with Gasteiger partial charge in [-0.3, -0.25) is 10.1 Å². The van der Waals surface area contributed by atoms with Crippen molar-refractivity contribution in [3.63, 3.8) is 0 Å². The molecule has 7 heteroatoms. The van der Waals surface area contributed by atoms with Crippen LogP contribution in [-0.4, -0.2) is 19.7 Å². The van der Waals surface area contributed by atoms with E-state index in [2.05, 4.69) is 6.58 Å². The predicted molar refractivity (Wildman–Crippen MR) is 62.3 cm³/mol. The molecule has 0 aliphatic carbocycles. The molecule has 2 rings (SSSR count). The molecule has 1 heterocycles. The number of nitro groups is 1. The molecule has 0 bridgehead atoms. The van der Waals surface area contributed by atoms with Gasteiger partial charge in [0, 0.05) is 18.0 Å². The van der Waals surface area contributed by atoms with Gasteiger partial charge in [0.05, 0.1) is 33.8 Å². The second-order valence-corrected chi connectivity index (χ2v) is 5.71. The summed E-state index contributed by atoms with van der Waals surface area (Å²) in [5.41, 5.74) is -0.0341. The lowest BCUT2D eigenvalue weighted by molar-refractivity contribution is -0.385. The van der Waals surface area contributed by atoms with E-state index in [-0.39, 0.29) is 5.69 Å². The van der Waals surface area contributed by atoms with Crippen LogP contribution >= 0.6 is 11.9 Å². The first-order valence-corrected chi connectivity index (χ1v) is 6.28. The molecule has 1 unspecified atom stereocenters. The lowest BCUT2D eigenvalue weighted by Gasteiger charge is -2.11. The van der Waals surface area contributed by atoms with Crippen molar-refractivity contribution >= 4 is 29.0 Å². The van der Waals surface area contributed by atoms with Crippen molar-refractivity contribution in [2.75, 3.05) is 6.54 Å². The van der Waals surface area contributed by atoms with Crippen LogP contribution in [0.5, 0.6) is 0 Å². The van der Waals surface area contributed by atoms with E-state index in [1.807, 2.05) is 0 Å². The number of nitro benzene ring substituents is 1. The van der Waals surface area contributed by atoms with Crippen LogP contribution in [0.4, 0.5) is 5.69 Å². The Bertz CT molecular complexity index is 452. The summed E-state index contributed by atoms with van der Waals surface area (Å²) in [5, 5.41) is 10.6. The molecule has 1 aliphatic heterocycles. The molecule has 0 fully saturated rings. The third-order valence-electron chi connectivity index (χ3n) is 1.99. The van der Waals surface area contributed by atoms with Gasteiger partial charge in [0.1, 0.15) is 0 Å². The molecule has 0 aromatic heterocycles. The Morgan fingerprint density at radius 2 is 2.38 bits per heavy atom. The van der Waals surface area contributed by atoms with Crippen LogP contribution in [0.1, 0.15) is 0 Å². The van der Waals surface area contributed by atoms with Gasteiger partial charge in [0.25, 0.3) is 5.69 Å². The molecule has 0 amide bonds. The van der Waals surface area contributed by atoms with Crippen LogP contribution < -0.4 is 0 Å². The average molecular weight is 256 g/mol. The number of fused-ring (bicyclic) bond motifs is 1. The van der Waals surface area contributed by atoms with E-state index in [4.69, 9.17) is 0 Å². The maximum atomic E-state index is 11.9. The summed E-state index contributed by atoms with van der Waals surface area (Å²) in [5.74, 6) is 0. The maximum absolute atomic E-state index is 11.9. The summed E-state index contributed by atoms with van der Waals surface area (Å²) in [4.78, 5) is 11.4. The summed E-state index contributed by atoms with van der Waals surface area (Å²) >= 11 is -0.0131. The zero-order chi connectivity index (χ0) is 11.7. The molecule has 0 saturated carbocycles. The lowest BCUT2D eigenvalue weighted by atomic mass is 10.3. The third kappa shape index (κ3) is 1.94. The monoisotopic (exact) mass is 256 g/mol. The van der Waals surface area contributed by atoms with Gasteiger partial charge < -0.3 is 4.55 Å². The molecule has 84 valence electrons. The fourth-order valence-corrected chi connectivity index (χ4v) is 3.96. The van der Waals surface area contributed by atoms with Crippen LogP contribution in [-0.2, 0) is 11.4 Å². The van der Waals surface area contributed by atoms with Crippen LogP contribution in [0, 0.1) is 10.1 Å². The Morgan fingerprint density at radius 3 is 3.00 bits per heavy atom. The number of nitrogens with zero attached hydrogens (tertiary/aromatic N) is 2. The van der Waals surface area contributed by atoms with Gasteiger partial charge in [-0.05, 0) is 6.07 Å². The molecule has 1 atom stereocenters. The summed E-state index contributed by atoms with van der Waals surface area (Å²) in [6, 6.07) is 4.40. The molecule has 1 aromatic carbocycles. The predicted octanol–water partition coefficient (Wildman–Crippen LogP) is 2.13. The van der Waals surface area contributed by atoms with Crippen LogP contribution in [0.15, 0.2) is 40.6 Å². The zero-order valence-corrected chi connectivity index (χ0v) is 9.79. The fraction of sp³-hybridized carbons (Fsp3) is 0.111. The summed E-state index contributed by atoms with van der Waals surface area (Å²) in [6.45, 7) is 4.04. The normalized spacial score (nSPS) is 19.4. The lowest BCUT2D eigenvalue weighted by Crippen LogP contribution is -2.19. The molecular weight excluding hydrogens is 248 g/mol. The molecule has 0 saturated heterocycles. The van der Waals surface area contributed by atoms with Crippen molar-refractivity contribution in [2.45, 2.75) is 9.79 Å². The quantitative estimate of drug-likeness (QED) is 0.272. The highest BCUT2D eigenvalue weighted by Gasteiger charge is 2.36. The summed E-state index contributed by atoms with van der Waals surface area (Å²) in [7, 11) is 0. The molecular formula is C9H8N2O3S2. The average Bonchev–Trinajstić information content (AvgIpc) is 2.56. The van der Waals surface area contributed by atoms with Crippen molar-refractivity contribution in [1.82, 2.24) is 3.71 Å². The highest BCUT2D eigenvalue weighted by molar-refractivity contribution is 8.11. The first-order valence-electron chi connectivity index (χ1n) is 4.40. The van der Waals surface area contributed by atoms with Gasteiger partial charge in [-0.25, -0.2) is 0 Å². The largest absolute Gasteiger partial charge is 0.592 e. The molecule has 0 N–H and O–H groups in total. The van der Waals surface area contributed by atoms with Crippen molar-refractivity contribution in [2.24, 2.45) is 0 Å². The molecule has 0 radical (unpaired) electrons. The van der Waals surface area contributed by atoms with Gasteiger partial charge in [-0.1, -0.05) is 9.79 Å². The molecule has 1 aromatic rings. The van der Waals surface area contributed by atoms with Crippen LogP contribution in [0.2, 0.25) is 0 Å². The van der Waals surface area contributed by atoms with Gasteiger partial charge in [-0.15, -0.1) is 6.58 Å². The topological polar surface area (TPSA) is 69.4 Å². The number of non-ortho nitro benzene ring substituents is 1.